The van der Waals surface area contributed by atoms with Crippen LogP contribution in [0.5, 0.6) is 0 Å². The largest absolute Gasteiger partial charge is 0.477 e. The van der Waals surface area contributed by atoms with Crippen molar-refractivity contribution in [3.8, 4) is 0 Å². The molecule has 1 aromatic rings. The highest BCUT2D eigenvalue weighted by molar-refractivity contribution is 5.89. The minimum Gasteiger partial charge on any atom is -0.477 e. The normalized spacial score (nSPS) is 10.3. The zero-order valence-electron chi connectivity index (χ0n) is 11.2. The summed E-state index contributed by atoms with van der Waals surface area (Å²) in [6, 6.07) is 0. The number of aromatic carboxylic acids is 1. The predicted molar refractivity (Wildman–Crippen MR) is 68.2 cm³/mol. The monoisotopic (exact) mass is 267 g/mol. The molecule has 0 saturated heterocycles. The molecule has 0 fully saturated rings. The number of carboxylic acids is 1. The topological polar surface area (TPSA) is 103 Å². The summed E-state index contributed by atoms with van der Waals surface area (Å²) in [5.41, 5.74) is -0.144. The third kappa shape index (κ3) is 3.64. The van der Waals surface area contributed by atoms with Gasteiger partial charge in [0, 0.05) is 20.5 Å². The lowest BCUT2D eigenvalue weighted by molar-refractivity contribution is -0.128. The first kappa shape index (κ1) is 14.9. The molecule has 0 aliphatic heterocycles. The van der Waals surface area contributed by atoms with Crippen molar-refractivity contribution in [1.82, 2.24) is 15.1 Å². The van der Waals surface area contributed by atoms with Crippen LogP contribution in [-0.4, -0.2) is 46.2 Å². The van der Waals surface area contributed by atoms with Gasteiger partial charge in [0.1, 0.15) is 5.56 Å². The fourth-order valence-electron chi connectivity index (χ4n) is 1.75. The first-order valence-corrected chi connectivity index (χ1v) is 5.86. The van der Waals surface area contributed by atoms with Gasteiger partial charge < -0.3 is 10.0 Å². The second-order valence-electron chi connectivity index (χ2n) is 4.44. The van der Waals surface area contributed by atoms with E-state index in [0.29, 0.717) is 30.5 Å². The zero-order valence-corrected chi connectivity index (χ0v) is 11.2. The Morgan fingerprint density at radius 1 is 1.37 bits per heavy atom. The Balaban J connectivity index is 2.89. The lowest BCUT2D eigenvalue weighted by Gasteiger charge is -2.11. The summed E-state index contributed by atoms with van der Waals surface area (Å²) in [7, 11) is 3.32. The Morgan fingerprint density at radius 3 is 2.53 bits per heavy atom. The van der Waals surface area contributed by atoms with Gasteiger partial charge in [-0.1, -0.05) is 0 Å². The van der Waals surface area contributed by atoms with Crippen LogP contribution < -0.4 is 5.56 Å². The van der Waals surface area contributed by atoms with E-state index in [-0.39, 0.29) is 11.5 Å². The molecule has 0 spiro atoms. The van der Waals surface area contributed by atoms with Gasteiger partial charge in [-0.15, -0.1) is 0 Å². The Hall–Kier alpha value is -2.18. The van der Waals surface area contributed by atoms with Crippen molar-refractivity contribution in [2.75, 3.05) is 14.1 Å². The number of rotatable bonds is 5. The number of aromatic nitrogens is 2. The minimum absolute atomic E-state index is 0.0349. The number of nitrogens with one attached hydrogen (secondary N) is 1. The van der Waals surface area contributed by atoms with Crippen LogP contribution in [0, 0.1) is 6.92 Å². The number of carboxylic acid groups (broad SMARTS) is 1. The van der Waals surface area contributed by atoms with E-state index in [0.717, 1.165) is 0 Å². The van der Waals surface area contributed by atoms with Crippen molar-refractivity contribution < 1.29 is 14.7 Å². The third-order valence-electron chi connectivity index (χ3n) is 2.82. The third-order valence-corrected chi connectivity index (χ3v) is 2.82. The van der Waals surface area contributed by atoms with E-state index in [9.17, 15) is 14.4 Å². The molecule has 0 aromatic carbocycles. The highest BCUT2D eigenvalue weighted by atomic mass is 16.4. The molecule has 1 heterocycles. The number of carbonyl (C=O) groups excluding carboxylic acids is 1. The predicted octanol–water partition coefficient (Wildman–Crippen LogP) is 0.187. The molecule has 1 amide bonds. The molecule has 0 saturated carbocycles. The van der Waals surface area contributed by atoms with Crippen molar-refractivity contribution in [3.05, 3.63) is 27.2 Å². The van der Waals surface area contributed by atoms with Gasteiger partial charge in [0.05, 0.1) is 5.69 Å². The van der Waals surface area contributed by atoms with Crippen LogP contribution in [0.1, 0.15) is 34.5 Å². The summed E-state index contributed by atoms with van der Waals surface area (Å²) in [6.45, 7) is 1.63. The quantitative estimate of drug-likeness (QED) is 0.792. The van der Waals surface area contributed by atoms with E-state index < -0.39 is 11.5 Å². The second kappa shape index (κ2) is 6.12. The number of aromatic amines is 1. The SMILES string of the molecule is Cc1n[nH]c(=O)c(C(=O)O)c1CCCC(=O)N(C)C. The molecule has 19 heavy (non-hydrogen) atoms. The number of amides is 1. The van der Waals surface area contributed by atoms with E-state index in [4.69, 9.17) is 5.11 Å². The van der Waals surface area contributed by atoms with Crippen molar-refractivity contribution in [3.63, 3.8) is 0 Å². The molecule has 0 aliphatic carbocycles. The Bertz CT molecular complexity index is 548. The number of nitrogens with zero attached hydrogens (tertiary/aromatic N) is 2. The summed E-state index contributed by atoms with van der Waals surface area (Å²) >= 11 is 0. The Kier molecular flexibility index (Phi) is 4.80. The molecule has 7 nitrogen and oxygen atoms in total. The van der Waals surface area contributed by atoms with Crippen molar-refractivity contribution >= 4 is 11.9 Å². The smallest absolute Gasteiger partial charge is 0.341 e. The van der Waals surface area contributed by atoms with E-state index in [1.807, 2.05) is 0 Å². The summed E-state index contributed by atoms with van der Waals surface area (Å²) in [5.74, 6) is -1.31. The van der Waals surface area contributed by atoms with Crippen molar-refractivity contribution in [2.24, 2.45) is 0 Å². The van der Waals surface area contributed by atoms with E-state index in [2.05, 4.69) is 10.2 Å². The van der Waals surface area contributed by atoms with Crippen molar-refractivity contribution in [1.29, 1.82) is 0 Å². The highest BCUT2D eigenvalue weighted by Crippen LogP contribution is 2.12. The zero-order chi connectivity index (χ0) is 14.6. The van der Waals surface area contributed by atoms with E-state index in [1.165, 1.54) is 4.90 Å². The molecule has 104 valence electrons. The van der Waals surface area contributed by atoms with Crippen LogP contribution in [0.4, 0.5) is 0 Å². The maximum absolute atomic E-state index is 11.5. The van der Waals surface area contributed by atoms with E-state index >= 15 is 0 Å². The van der Waals surface area contributed by atoms with Crippen LogP contribution in [0.25, 0.3) is 0 Å². The molecule has 1 aromatic heterocycles. The fourth-order valence-corrected chi connectivity index (χ4v) is 1.75. The van der Waals surface area contributed by atoms with Gasteiger partial charge in [-0.05, 0) is 25.3 Å². The number of H-pyrrole nitrogens is 1. The molecule has 1 rings (SSSR count). The molecular formula is C12H17N3O4. The number of hydrogen-bond acceptors (Lipinski definition) is 4. The van der Waals surface area contributed by atoms with Gasteiger partial charge >= 0.3 is 5.97 Å². The van der Waals surface area contributed by atoms with Gasteiger partial charge in [-0.3, -0.25) is 9.59 Å². The lowest BCUT2D eigenvalue weighted by Crippen LogP contribution is -2.24. The summed E-state index contributed by atoms with van der Waals surface area (Å²) in [4.78, 5) is 35.4. The fraction of sp³-hybridized carbons (Fsp3) is 0.500. The van der Waals surface area contributed by atoms with Crippen LogP contribution >= 0.6 is 0 Å². The molecule has 0 bridgehead atoms. The van der Waals surface area contributed by atoms with Crippen LogP contribution in [0.2, 0.25) is 0 Å². The summed E-state index contributed by atoms with van der Waals surface area (Å²) < 4.78 is 0. The van der Waals surface area contributed by atoms with Crippen LogP contribution in [0.3, 0.4) is 0 Å². The second-order valence-corrected chi connectivity index (χ2v) is 4.44. The van der Waals surface area contributed by atoms with Crippen LogP contribution in [0.15, 0.2) is 4.79 Å². The maximum Gasteiger partial charge on any atom is 0.341 e. The Labute approximate surface area is 110 Å². The summed E-state index contributed by atoms with van der Waals surface area (Å²) in [6.07, 6.45) is 1.12. The van der Waals surface area contributed by atoms with E-state index in [1.54, 1.807) is 21.0 Å². The molecule has 0 aliphatic rings. The van der Waals surface area contributed by atoms with Crippen LogP contribution in [-0.2, 0) is 11.2 Å². The molecule has 0 atom stereocenters. The summed E-state index contributed by atoms with van der Waals surface area (Å²) in [5, 5.41) is 14.9. The van der Waals surface area contributed by atoms with Gasteiger partial charge in [-0.25, -0.2) is 9.89 Å². The first-order chi connectivity index (χ1) is 8.84. The highest BCUT2D eigenvalue weighted by Gasteiger charge is 2.18. The number of carbonyl (C=O) groups is 2. The molecule has 7 heteroatoms. The van der Waals surface area contributed by atoms with Gasteiger partial charge in [-0.2, -0.15) is 5.10 Å². The molecule has 0 unspecified atom stereocenters. The maximum atomic E-state index is 11.5. The minimum atomic E-state index is -1.28. The average molecular weight is 267 g/mol. The van der Waals surface area contributed by atoms with Crippen molar-refractivity contribution in [2.45, 2.75) is 26.2 Å². The molecular weight excluding hydrogens is 250 g/mol. The van der Waals surface area contributed by atoms with Gasteiger partial charge in [0.25, 0.3) is 5.56 Å². The standard InChI is InChI=1S/C12H17N3O4/c1-7-8(5-4-6-9(16)15(2)3)10(12(18)19)11(17)14-13-7/h4-6H2,1-3H3,(H,14,17)(H,18,19). The Morgan fingerprint density at radius 2 is 2.00 bits per heavy atom. The first-order valence-electron chi connectivity index (χ1n) is 5.86. The number of aryl methyl sites for hydroxylation is 1. The average Bonchev–Trinajstić information content (AvgIpc) is 2.32. The molecule has 2 N–H and O–H groups in total. The van der Waals surface area contributed by atoms with Gasteiger partial charge in [0.2, 0.25) is 5.91 Å². The molecule has 0 radical (unpaired) electrons. The lowest BCUT2D eigenvalue weighted by atomic mass is 10.0. The van der Waals surface area contributed by atoms with Gasteiger partial charge in [0.15, 0.2) is 0 Å². The number of hydrogen-bond donors (Lipinski definition) is 2.